The molecule has 0 aliphatic heterocycles. The molecule has 0 saturated carbocycles. The van der Waals surface area contributed by atoms with Gasteiger partial charge in [-0.2, -0.15) is 0 Å². The molecule has 0 spiro atoms. The van der Waals surface area contributed by atoms with Gasteiger partial charge in [0, 0.05) is 23.8 Å². The van der Waals surface area contributed by atoms with Crippen molar-refractivity contribution in [2.75, 3.05) is 23.4 Å². The van der Waals surface area contributed by atoms with Crippen LogP contribution in [0.5, 0.6) is 0 Å². The molecule has 0 bridgehead atoms. The fourth-order valence-corrected chi connectivity index (χ4v) is 2.48. The van der Waals surface area contributed by atoms with Gasteiger partial charge in [0.1, 0.15) is 0 Å². The van der Waals surface area contributed by atoms with Gasteiger partial charge >= 0.3 is 0 Å². The van der Waals surface area contributed by atoms with E-state index in [1.165, 1.54) is 10.8 Å². The van der Waals surface area contributed by atoms with Crippen LogP contribution in [0.15, 0.2) is 60.7 Å². The van der Waals surface area contributed by atoms with E-state index in [1.807, 2.05) is 37.4 Å². The van der Waals surface area contributed by atoms with Gasteiger partial charge in [-0.1, -0.05) is 36.4 Å². The van der Waals surface area contributed by atoms with Gasteiger partial charge in [0.25, 0.3) is 0 Å². The Morgan fingerprint density at radius 2 is 1.55 bits per heavy atom. The third-order valence-electron chi connectivity index (χ3n) is 3.54. The molecule has 3 heteroatoms. The molecular weight excluding hydrogens is 246 g/mol. The molecule has 20 heavy (non-hydrogen) atoms. The van der Waals surface area contributed by atoms with Crippen LogP contribution in [0.2, 0.25) is 0 Å². The lowest BCUT2D eigenvalue weighted by molar-refractivity contribution is 1.22. The Morgan fingerprint density at radius 3 is 2.40 bits per heavy atom. The summed E-state index contributed by atoms with van der Waals surface area (Å²) in [7, 11) is 2.01. The second-order valence-electron chi connectivity index (χ2n) is 4.88. The average molecular weight is 263 g/mol. The van der Waals surface area contributed by atoms with Crippen LogP contribution in [0, 0.1) is 0 Å². The van der Waals surface area contributed by atoms with E-state index in [1.54, 1.807) is 0 Å². The van der Waals surface area contributed by atoms with E-state index in [-0.39, 0.29) is 0 Å². The van der Waals surface area contributed by atoms with E-state index in [4.69, 9.17) is 11.5 Å². The topological polar surface area (TPSA) is 55.3 Å². The summed E-state index contributed by atoms with van der Waals surface area (Å²) < 4.78 is 0. The lowest BCUT2D eigenvalue weighted by Crippen LogP contribution is -2.12. The molecular formula is C17H17N3. The zero-order valence-corrected chi connectivity index (χ0v) is 11.4. The van der Waals surface area contributed by atoms with Crippen LogP contribution < -0.4 is 16.4 Å². The average Bonchev–Trinajstić information content (AvgIpc) is 2.48. The Morgan fingerprint density at radius 1 is 0.800 bits per heavy atom. The number of hydrogen-bond acceptors (Lipinski definition) is 3. The van der Waals surface area contributed by atoms with Crippen LogP contribution >= 0.6 is 0 Å². The van der Waals surface area contributed by atoms with Crippen molar-refractivity contribution in [3.05, 3.63) is 60.7 Å². The highest BCUT2D eigenvalue weighted by Gasteiger charge is 2.10. The Hall–Kier alpha value is -2.68. The zero-order valence-electron chi connectivity index (χ0n) is 11.4. The molecule has 4 N–H and O–H groups in total. The van der Waals surface area contributed by atoms with E-state index in [0.717, 1.165) is 17.1 Å². The Labute approximate surface area is 118 Å². The minimum Gasteiger partial charge on any atom is -0.399 e. The molecule has 100 valence electrons. The number of nitrogens with two attached hydrogens (primary N) is 2. The van der Waals surface area contributed by atoms with Gasteiger partial charge in [0.05, 0.1) is 11.4 Å². The number of hydrogen-bond donors (Lipinski definition) is 2. The molecule has 0 saturated heterocycles. The van der Waals surface area contributed by atoms with E-state index in [0.29, 0.717) is 5.69 Å². The minimum absolute atomic E-state index is 0.710. The minimum atomic E-state index is 0.710. The molecule has 0 aromatic heterocycles. The second-order valence-corrected chi connectivity index (χ2v) is 4.88. The number of nitrogen functional groups attached to an aromatic ring is 2. The molecule has 3 nitrogen and oxygen atoms in total. The number of fused-ring (bicyclic) bond motifs is 1. The van der Waals surface area contributed by atoms with Crippen LogP contribution in [-0.4, -0.2) is 7.05 Å². The molecule has 0 amide bonds. The van der Waals surface area contributed by atoms with Gasteiger partial charge in [-0.05, 0) is 29.7 Å². The predicted molar refractivity (Wildman–Crippen MR) is 87.3 cm³/mol. The zero-order chi connectivity index (χ0) is 14.1. The van der Waals surface area contributed by atoms with Crippen LogP contribution in [0.1, 0.15) is 0 Å². The number of rotatable bonds is 2. The first-order chi connectivity index (χ1) is 9.66. The molecule has 3 aromatic carbocycles. The fourth-order valence-electron chi connectivity index (χ4n) is 2.48. The van der Waals surface area contributed by atoms with Gasteiger partial charge < -0.3 is 16.4 Å². The Balaban J connectivity index is 2.17. The molecule has 0 fully saturated rings. The largest absolute Gasteiger partial charge is 0.399 e. The number of benzene rings is 3. The van der Waals surface area contributed by atoms with Crippen molar-refractivity contribution in [3.8, 4) is 0 Å². The Kier molecular flexibility index (Phi) is 2.95. The van der Waals surface area contributed by atoms with Crippen LogP contribution in [-0.2, 0) is 0 Å². The quantitative estimate of drug-likeness (QED) is 0.692. The fraction of sp³-hybridized carbons (Fsp3) is 0.0588. The van der Waals surface area contributed by atoms with E-state index in [2.05, 4.69) is 35.2 Å². The lowest BCUT2D eigenvalue weighted by Gasteiger charge is -2.23. The summed E-state index contributed by atoms with van der Waals surface area (Å²) in [6, 6.07) is 20.1. The van der Waals surface area contributed by atoms with Crippen LogP contribution in [0.4, 0.5) is 22.7 Å². The van der Waals surface area contributed by atoms with Crippen LogP contribution in [0.25, 0.3) is 10.8 Å². The van der Waals surface area contributed by atoms with Crippen molar-refractivity contribution < 1.29 is 0 Å². The first kappa shape index (κ1) is 12.4. The Bertz CT molecular complexity index is 760. The second kappa shape index (κ2) is 4.78. The molecule has 3 rings (SSSR count). The SMILES string of the molecule is CN(c1cc(N)ccc1N)c1cccc2ccccc12. The van der Waals surface area contributed by atoms with Gasteiger partial charge in [0.15, 0.2) is 0 Å². The summed E-state index contributed by atoms with van der Waals surface area (Å²) in [5, 5.41) is 2.40. The third-order valence-corrected chi connectivity index (χ3v) is 3.54. The van der Waals surface area contributed by atoms with Gasteiger partial charge in [-0.25, -0.2) is 0 Å². The summed E-state index contributed by atoms with van der Waals surface area (Å²) in [4.78, 5) is 2.08. The number of anilines is 4. The van der Waals surface area contributed by atoms with Crippen molar-refractivity contribution in [1.82, 2.24) is 0 Å². The first-order valence-corrected chi connectivity index (χ1v) is 6.53. The molecule has 3 aromatic rings. The summed E-state index contributed by atoms with van der Waals surface area (Å²) >= 11 is 0. The molecule has 0 heterocycles. The molecule has 0 unspecified atom stereocenters. The molecule has 0 radical (unpaired) electrons. The highest BCUT2D eigenvalue weighted by molar-refractivity contribution is 5.97. The van der Waals surface area contributed by atoms with E-state index < -0.39 is 0 Å². The molecule has 0 aliphatic carbocycles. The molecule has 0 atom stereocenters. The summed E-state index contributed by atoms with van der Waals surface area (Å²) in [6.45, 7) is 0. The van der Waals surface area contributed by atoms with Crippen molar-refractivity contribution in [1.29, 1.82) is 0 Å². The van der Waals surface area contributed by atoms with Crippen LogP contribution in [0.3, 0.4) is 0 Å². The highest BCUT2D eigenvalue weighted by Crippen LogP contribution is 2.34. The highest BCUT2D eigenvalue weighted by atomic mass is 15.1. The maximum absolute atomic E-state index is 6.07. The van der Waals surface area contributed by atoms with Gasteiger partial charge in [-0.3, -0.25) is 0 Å². The van der Waals surface area contributed by atoms with Gasteiger partial charge in [-0.15, -0.1) is 0 Å². The monoisotopic (exact) mass is 263 g/mol. The third kappa shape index (κ3) is 2.03. The standard InChI is InChI=1S/C17H17N3/c1-20(17-11-13(18)9-10-15(17)19)16-8-4-6-12-5-2-3-7-14(12)16/h2-11H,18-19H2,1H3. The maximum atomic E-state index is 6.07. The van der Waals surface area contributed by atoms with E-state index in [9.17, 15) is 0 Å². The molecule has 0 aliphatic rings. The normalized spacial score (nSPS) is 10.7. The predicted octanol–water partition coefficient (Wildman–Crippen LogP) is 3.77. The first-order valence-electron chi connectivity index (χ1n) is 6.53. The number of nitrogens with zero attached hydrogens (tertiary/aromatic N) is 1. The van der Waals surface area contributed by atoms with E-state index >= 15 is 0 Å². The summed E-state index contributed by atoms with van der Waals surface area (Å²) in [6.07, 6.45) is 0. The smallest absolute Gasteiger partial charge is 0.0662 e. The van der Waals surface area contributed by atoms with Crippen molar-refractivity contribution in [2.24, 2.45) is 0 Å². The van der Waals surface area contributed by atoms with Crippen molar-refractivity contribution >= 4 is 33.5 Å². The summed E-state index contributed by atoms with van der Waals surface area (Å²) in [5.41, 5.74) is 15.4. The lowest BCUT2D eigenvalue weighted by atomic mass is 10.1. The van der Waals surface area contributed by atoms with Crippen molar-refractivity contribution in [3.63, 3.8) is 0 Å². The maximum Gasteiger partial charge on any atom is 0.0662 e. The summed E-state index contributed by atoms with van der Waals surface area (Å²) in [5.74, 6) is 0. The van der Waals surface area contributed by atoms with Crippen molar-refractivity contribution in [2.45, 2.75) is 0 Å². The van der Waals surface area contributed by atoms with Gasteiger partial charge in [0.2, 0.25) is 0 Å².